The van der Waals surface area contributed by atoms with E-state index in [0.717, 1.165) is 34.3 Å². The topological polar surface area (TPSA) is 129 Å². The van der Waals surface area contributed by atoms with E-state index in [0.29, 0.717) is 16.6 Å². The predicted molar refractivity (Wildman–Crippen MR) is 166 cm³/mol. The number of anilines is 1. The lowest BCUT2D eigenvalue weighted by atomic mass is 10.0. The van der Waals surface area contributed by atoms with Gasteiger partial charge >= 0.3 is 0 Å². The third-order valence-electron chi connectivity index (χ3n) is 6.25. The van der Waals surface area contributed by atoms with Crippen LogP contribution in [-0.2, 0) is 6.42 Å². The zero-order chi connectivity index (χ0) is 29.4. The smallest absolute Gasteiger partial charge is 0.264 e. The molecule has 3 aromatic heterocycles. The molecular weight excluding hydrogens is 512 g/mol. The number of nitrogens with zero attached hydrogens (tertiary/aromatic N) is 4. The summed E-state index contributed by atoms with van der Waals surface area (Å²) in [7, 11) is 0. The quantitative estimate of drug-likeness (QED) is 0.237. The lowest BCUT2D eigenvalue weighted by molar-refractivity contribution is 0.100. The first-order valence-corrected chi connectivity index (χ1v) is 12.7. The van der Waals surface area contributed by atoms with E-state index < -0.39 is 5.91 Å². The van der Waals surface area contributed by atoms with Gasteiger partial charge in [0.05, 0.1) is 11.1 Å². The highest BCUT2D eigenvalue weighted by atomic mass is 16.1. The van der Waals surface area contributed by atoms with Crippen LogP contribution in [0, 0.1) is 11.8 Å². The highest BCUT2D eigenvalue weighted by Gasteiger charge is 2.15. The van der Waals surface area contributed by atoms with Crippen LogP contribution < -0.4 is 17.0 Å². The van der Waals surface area contributed by atoms with Gasteiger partial charge in [0.15, 0.2) is 0 Å². The fraction of sp³-hybridized carbons (Fsp3) is 0.0606. The summed E-state index contributed by atoms with van der Waals surface area (Å²) in [6.45, 7) is 8.95. The molecule has 202 valence electrons. The number of fused-ring (bicyclic) bond motifs is 1. The average molecular weight is 541 g/mol. The molecule has 0 atom stereocenters. The van der Waals surface area contributed by atoms with Crippen LogP contribution in [0.1, 0.15) is 39.7 Å². The molecule has 0 aliphatic rings. The summed E-state index contributed by atoms with van der Waals surface area (Å²) in [4.78, 5) is 36.0. The van der Waals surface area contributed by atoms with E-state index in [4.69, 9.17) is 11.5 Å². The molecular formula is C33H28N6O2. The van der Waals surface area contributed by atoms with Gasteiger partial charge in [-0.15, -0.1) is 0 Å². The van der Waals surface area contributed by atoms with E-state index in [1.807, 2.05) is 60.7 Å². The number of aliphatic imine (C=N–C) groups is 1. The van der Waals surface area contributed by atoms with Crippen molar-refractivity contribution in [1.29, 1.82) is 0 Å². The molecule has 3 heterocycles. The Bertz CT molecular complexity index is 1870. The second-order valence-electron chi connectivity index (χ2n) is 8.77. The minimum absolute atomic E-state index is 0.0322. The average Bonchev–Trinajstić information content (AvgIpc) is 3.00. The van der Waals surface area contributed by atoms with Gasteiger partial charge in [-0.25, -0.2) is 4.98 Å². The first kappa shape index (κ1) is 28.2. The molecule has 2 aromatic carbocycles. The van der Waals surface area contributed by atoms with Crippen LogP contribution in [0.2, 0.25) is 0 Å². The Labute approximate surface area is 237 Å². The first-order valence-electron chi connectivity index (χ1n) is 12.7. The number of nitrogens with two attached hydrogens (primary N) is 2. The third-order valence-corrected chi connectivity index (χ3v) is 6.25. The number of nitrogen functional groups attached to an aromatic ring is 1. The number of hydrogen-bond acceptors (Lipinski definition) is 6. The maximum absolute atomic E-state index is 13.4. The fourth-order valence-electron chi connectivity index (χ4n) is 4.31. The molecule has 0 saturated carbocycles. The summed E-state index contributed by atoms with van der Waals surface area (Å²) < 4.78 is 1.79. The number of aromatic nitrogens is 3. The Hall–Kier alpha value is -5.81. The van der Waals surface area contributed by atoms with E-state index in [-0.39, 0.29) is 16.9 Å². The van der Waals surface area contributed by atoms with Gasteiger partial charge in [0.1, 0.15) is 11.4 Å². The van der Waals surface area contributed by atoms with Gasteiger partial charge in [-0.1, -0.05) is 61.8 Å². The molecule has 0 aliphatic carbocycles. The molecule has 4 N–H and O–H groups in total. The second kappa shape index (κ2) is 12.8. The van der Waals surface area contributed by atoms with Crippen LogP contribution in [0.3, 0.4) is 0 Å². The molecule has 5 rings (SSSR count). The zero-order valence-electron chi connectivity index (χ0n) is 22.5. The summed E-state index contributed by atoms with van der Waals surface area (Å²) >= 11 is 0. The molecule has 0 unspecified atom stereocenters. The van der Waals surface area contributed by atoms with Gasteiger partial charge in [-0.2, -0.15) is 0 Å². The van der Waals surface area contributed by atoms with Crippen molar-refractivity contribution < 1.29 is 4.79 Å². The van der Waals surface area contributed by atoms with Crippen LogP contribution >= 0.6 is 0 Å². The maximum Gasteiger partial charge on any atom is 0.264 e. The lowest BCUT2D eigenvalue weighted by Crippen LogP contribution is -2.22. The van der Waals surface area contributed by atoms with Gasteiger partial charge in [-0.3, -0.25) is 24.1 Å². The van der Waals surface area contributed by atoms with Gasteiger partial charge in [0.25, 0.3) is 11.5 Å². The molecule has 1 amide bonds. The van der Waals surface area contributed by atoms with Crippen LogP contribution in [0.5, 0.6) is 0 Å². The van der Waals surface area contributed by atoms with Gasteiger partial charge in [-0.05, 0) is 54.9 Å². The Balaban J connectivity index is 0.000000234. The van der Waals surface area contributed by atoms with Crippen molar-refractivity contribution in [2.24, 2.45) is 10.7 Å². The third kappa shape index (κ3) is 6.10. The molecule has 5 aromatic rings. The summed E-state index contributed by atoms with van der Waals surface area (Å²) in [6.07, 6.45) is 7.15. The van der Waals surface area contributed by atoms with E-state index in [1.54, 1.807) is 17.0 Å². The number of benzene rings is 2. The van der Waals surface area contributed by atoms with Crippen molar-refractivity contribution in [1.82, 2.24) is 14.5 Å². The van der Waals surface area contributed by atoms with Crippen molar-refractivity contribution in [3.05, 3.63) is 130 Å². The highest BCUT2D eigenvalue weighted by Crippen LogP contribution is 2.27. The molecule has 8 nitrogen and oxygen atoms in total. The van der Waals surface area contributed by atoms with Crippen molar-refractivity contribution in [3.8, 4) is 17.5 Å². The summed E-state index contributed by atoms with van der Waals surface area (Å²) in [5.74, 6) is 5.67. The number of amides is 1. The molecule has 0 saturated heterocycles. The number of carbonyl (C=O) groups is 1. The number of aryl methyl sites for hydroxylation is 1. The van der Waals surface area contributed by atoms with Gasteiger partial charge < -0.3 is 11.5 Å². The Morgan fingerprint density at radius 2 is 1.80 bits per heavy atom. The Morgan fingerprint density at radius 3 is 2.44 bits per heavy atom. The van der Waals surface area contributed by atoms with E-state index >= 15 is 0 Å². The molecule has 0 radical (unpaired) electrons. The van der Waals surface area contributed by atoms with Crippen LogP contribution in [0.15, 0.2) is 102 Å². The number of rotatable bonds is 5. The van der Waals surface area contributed by atoms with E-state index in [9.17, 15) is 9.59 Å². The molecule has 0 fully saturated rings. The summed E-state index contributed by atoms with van der Waals surface area (Å²) in [5.41, 5.74) is 15.0. The number of carbonyl (C=O) groups excluding carboxylic acids is 1. The summed E-state index contributed by atoms with van der Waals surface area (Å²) in [5, 5.41) is 1.57. The largest absolute Gasteiger partial charge is 0.383 e. The summed E-state index contributed by atoms with van der Waals surface area (Å²) in [6, 6.07) is 21.4. The number of primary amides is 1. The highest BCUT2D eigenvalue weighted by molar-refractivity contribution is 6.03. The SMILES string of the molecule is C=Cc1cnc(N)c(C(N)=O)c1N=C.CCc1cc2cccc(C#Cc3ccncc3)c2c(=O)n1-c1ccccc1. The Kier molecular flexibility index (Phi) is 8.82. The number of pyridine rings is 3. The lowest BCUT2D eigenvalue weighted by Gasteiger charge is -2.14. The van der Waals surface area contributed by atoms with Crippen molar-refractivity contribution in [2.75, 3.05) is 5.73 Å². The van der Waals surface area contributed by atoms with E-state index in [2.05, 4.69) is 53.1 Å². The standard InChI is InChI=1S/C24H18N2O.C9H10N4O/c1-2-21-17-20-8-6-7-19(12-11-18-13-15-25-16-14-18)23(20)24(27)26(21)22-9-4-3-5-10-22;1-3-5-4-13-8(10)6(9(11)14)7(5)12-2/h3-10,13-17H,2H2,1H3;3-4H,1-2H2,(H2,10,13)(H2,11,14). The minimum atomic E-state index is -0.680. The van der Waals surface area contributed by atoms with Crippen LogP contribution in [-0.4, -0.2) is 27.2 Å². The van der Waals surface area contributed by atoms with Gasteiger partial charge in [0, 0.05) is 46.7 Å². The van der Waals surface area contributed by atoms with Crippen molar-refractivity contribution in [2.45, 2.75) is 13.3 Å². The first-order chi connectivity index (χ1) is 19.9. The minimum Gasteiger partial charge on any atom is -0.383 e. The van der Waals surface area contributed by atoms with Crippen molar-refractivity contribution >= 4 is 41.0 Å². The molecule has 0 aliphatic heterocycles. The van der Waals surface area contributed by atoms with Gasteiger partial charge in [0.2, 0.25) is 0 Å². The number of hydrogen-bond donors (Lipinski definition) is 2. The predicted octanol–water partition coefficient (Wildman–Crippen LogP) is 5.09. The van der Waals surface area contributed by atoms with Crippen molar-refractivity contribution in [3.63, 3.8) is 0 Å². The monoisotopic (exact) mass is 540 g/mol. The maximum atomic E-state index is 13.4. The molecule has 8 heteroatoms. The molecule has 0 bridgehead atoms. The Morgan fingerprint density at radius 1 is 1.07 bits per heavy atom. The molecule has 41 heavy (non-hydrogen) atoms. The van der Waals surface area contributed by atoms with Crippen LogP contribution in [0.25, 0.3) is 22.5 Å². The van der Waals surface area contributed by atoms with E-state index in [1.165, 1.54) is 12.3 Å². The molecule has 0 spiro atoms. The zero-order valence-corrected chi connectivity index (χ0v) is 22.5. The fourth-order valence-corrected chi connectivity index (χ4v) is 4.31. The number of para-hydroxylation sites is 1. The van der Waals surface area contributed by atoms with Crippen LogP contribution in [0.4, 0.5) is 11.5 Å². The normalized spacial score (nSPS) is 10.1. The second-order valence-corrected chi connectivity index (χ2v) is 8.77.